The minimum absolute atomic E-state index is 0.198. The maximum absolute atomic E-state index is 13.2. The van der Waals surface area contributed by atoms with E-state index in [0.29, 0.717) is 18.8 Å². The van der Waals surface area contributed by atoms with E-state index in [1.54, 1.807) is 0 Å². The molecule has 0 amide bonds. The molecule has 5 nitrogen and oxygen atoms in total. The van der Waals surface area contributed by atoms with Crippen LogP contribution in [0.3, 0.4) is 0 Å². The van der Waals surface area contributed by atoms with Crippen LogP contribution in [-0.2, 0) is 13.1 Å². The number of nitrogens with one attached hydrogen (secondary N) is 1. The second-order valence-electron chi connectivity index (χ2n) is 8.72. The van der Waals surface area contributed by atoms with Crippen LogP contribution in [0.5, 0.6) is 0 Å². The number of para-hydroxylation sites is 1. The summed E-state index contributed by atoms with van der Waals surface area (Å²) in [4.78, 5) is 21.1. The van der Waals surface area contributed by atoms with Crippen molar-refractivity contribution in [1.82, 2.24) is 14.5 Å². The molecule has 0 aliphatic heterocycles. The van der Waals surface area contributed by atoms with Crippen molar-refractivity contribution in [3.8, 4) is 22.4 Å². The van der Waals surface area contributed by atoms with E-state index in [4.69, 9.17) is 10.7 Å². The molecule has 2 aromatic heterocycles. The number of nitrogens with zero attached hydrogens (tertiary/aromatic N) is 2. The predicted octanol–water partition coefficient (Wildman–Crippen LogP) is 5.72. The van der Waals surface area contributed by atoms with Gasteiger partial charge < -0.3 is 15.3 Å². The molecule has 3 N–H and O–H groups in total. The highest BCUT2D eigenvalue weighted by atomic mass is 16.1. The lowest BCUT2D eigenvalue weighted by atomic mass is 10.0. The normalized spacial score (nSPS) is 11.3. The zero-order chi connectivity index (χ0) is 23.8. The molecule has 0 saturated carbocycles. The molecule has 6 aromatic rings. The Bertz CT molecular complexity index is 1730. The van der Waals surface area contributed by atoms with Crippen LogP contribution in [0.15, 0.2) is 108 Å². The van der Waals surface area contributed by atoms with Gasteiger partial charge in [-0.05, 0) is 40.5 Å². The fourth-order valence-electron chi connectivity index (χ4n) is 4.70. The van der Waals surface area contributed by atoms with E-state index < -0.39 is 0 Å². The van der Waals surface area contributed by atoms with Crippen LogP contribution in [0, 0.1) is 0 Å². The van der Waals surface area contributed by atoms with E-state index in [1.165, 1.54) is 0 Å². The fourth-order valence-corrected chi connectivity index (χ4v) is 4.70. The van der Waals surface area contributed by atoms with Crippen LogP contribution < -0.4 is 11.3 Å². The van der Waals surface area contributed by atoms with E-state index in [1.807, 2.05) is 72.9 Å². The molecule has 5 heteroatoms. The molecule has 0 saturated heterocycles. The molecular weight excluding hydrogens is 432 g/mol. The maximum atomic E-state index is 13.2. The Morgan fingerprint density at radius 3 is 2.46 bits per heavy atom. The molecule has 0 bridgehead atoms. The maximum Gasteiger partial charge on any atom is 0.275 e. The van der Waals surface area contributed by atoms with Crippen LogP contribution in [0.1, 0.15) is 11.1 Å². The Kier molecular flexibility index (Phi) is 5.24. The van der Waals surface area contributed by atoms with Crippen molar-refractivity contribution < 1.29 is 0 Å². The van der Waals surface area contributed by atoms with E-state index in [2.05, 4.69) is 39.9 Å². The third kappa shape index (κ3) is 3.92. The summed E-state index contributed by atoms with van der Waals surface area (Å²) >= 11 is 0. The molecule has 0 unspecified atom stereocenters. The quantitative estimate of drug-likeness (QED) is 0.348. The molecule has 35 heavy (non-hydrogen) atoms. The summed E-state index contributed by atoms with van der Waals surface area (Å²) in [5.74, 6) is 0. The summed E-state index contributed by atoms with van der Waals surface area (Å²) in [7, 11) is 0. The Hall–Kier alpha value is -4.48. The predicted molar refractivity (Wildman–Crippen MR) is 142 cm³/mol. The summed E-state index contributed by atoms with van der Waals surface area (Å²) in [6, 6.07) is 32.5. The van der Waals surface area contributed by atoms with Crippen molar-refractivity contribution in [1.29, 1.82) is 0 Å². The largest absolute Gasteiger partial charge is 0.342 e. The summed E-state index contributed by atoms with van der Waals surface area (Å²) < 4.78 is 2.17. The van der Waals surface area contributed by atoms with E-state index in [0.717, 1.165) is 49.8 Å². The SMILES string of the molecule is NCc1cccc(Cn2cc(-c3nc4ccc(-c5ccccc5)cc4[nH]c3=O)c3ccccc32)c1. The van der Waals surface area contributed by atoms with Gasteiger partial charge in [0.1, 0.15) is 5.69 Å². The highest BCUT2D eigenvalue weighted by Gasteiger charge is 2.16. The molecule has 6 rings (SSSR count). The van der Waals surface area contributed by atoms with Crippen molar-refractivity contribution in [2.45, 2.75) is 13.1 Å². The first-order valence-corrected chi connectivity index (χ1v) is 11.7. The first-order valence-electron chi connectivity index (χ1n) is 11.7. The average Bonchev–Trinajstić information content (AvgIpc) is 3.26. The Labute approximate surface area is 202 Å². The topological polar surface area (TPSA) is 76.7 Å². The lowest BCUT2D eigenvalue weighted by molar-refractivity contribution is 0.834. The fraction of sp³-hybridized carbons (Fsp3) is 0.0667. The van der Waals surface area contributed by atoms with Gasteiger partial charge in [-0.25, -0.2) is 4.98 Å². The van der Waals surface area contributed by atoms with Gasteiger partial charge in [0.05, 0.1) is 11.0 Å². The van der Waals surface area contributed by atoms with E-state index in [9.17, 15) is 4.79 Å². The number of benzene rings is 4. The third-order valence-electron chi connectivity index (χ3n) is 6.42. The van der Waals surface area contributed by atoms with Gasteiger partial charge in [-0.2, -0.15) is 0 Å². The summed E-state index contributed by atoms with van der Waals surface area (Å²) in [5, 5.41) is 1.00. The van der Waals surface area contributed by atoms with Gasteiger partial charge in [0.15, 0.2) is 0 Å². The molecule has 170 valence electrons. The van der Waals surface area contributed by atoms with E-state index >= 15 is 0 Å². The summed E-state index contributed by atoms with van der Waals surface area (Å²) in [6.45, 7) is 1.19. The van der Waals surface area contributed by atoms with Crippen molar-refractivity contribution >= 4 is 21.9 Å². The van der Waals surface area contributed by atoms with Crippen LogP contribution in [0.25, 0.3) is 44.3 Å². The third-order valence-corrected chi connectivity index (χ3v) is 6.42. The number of hydrogen-bond donors (Lipinski definition) is 2. The number of H-pyrrole nitrogens is 1. The molecule has 0 aliphatic rings. The monoisotopic (exact) mass is 456 g/mol. The number of nitrogens with two attached hydrogens (primary N) is 1. The number of hydrogen-bond acceptors (Lipinski definition) is 3. The number of fused-ring (bicyclic) bond motifs is 2. The summed E-state index contributed by atoms with van der Waals surface area (Å²) in [5.41, 5.74) is 13.8. The molecule has 0 radical (unpaired) electrons. The molecule has 0 aliphatic carbocycles. The van der Waals surface area contributed by atoms with Crippen molar-refractivity contribution in [3.05, 3.63) is 125 Å². The van der Waals surface area contributed by atoms with Crippen LogP contribution in [-0.4, -0.2) is 14.5 Å². The first-order chi connectivity index (χ1) is 17.2. The second kappa shape index (κ2) is 8.70. The summed E-state index contributed by atoms with van der Waals surface area (Å²) in [6.07, 6.45) is 2.03. The van der Waals surface area contributed by atoms with Gasteiger partial charge in [0, 0.05) is 35.8 Å². The van der Waals surface area contributed by atoms with E-state index in [-0.39, 0.29) is 5.56 Å². The second-order valence-corrected chi connectivity index (χ2v) is 8.72. The van der Waals surface area contributed by atoms with Gasteiger partial charge in [0.2, 0.25) is 0 Å². The van der Waals surface area contributed by atoms with Crippen LogP contribution >= 0.6 is 0 Å². The molecule has 0 atom stereocenters. The lowest BCUT2D eigenvalue weighted by Gasteiger charge is -2.07. The smallest absolute Gasteiger partial charge is 0.275 e. The van der Waals surface area contributed by atoms with Gasteiger partial charge >= 0.3 is 0 Å². The number of aromatic nitrogens is 3. The Balaban J connectivity index is 1.46. The van der Waals surface area contributed by atoms with Crippen molar-refractivity contribution in [2.24, 2.45) is 5.73 Å². The molecule has 4 aromatic carbocycles. The first kappa shape index (κ1) is 21.1. The molecule has 2 heterocycles. The number of rotatable bonds is 5. The Morgan fingerprint density at radius 2 is 1.60 bits per heavy atom. The molecule has 0 fully saturated rings. The molecule has 0 spiro atoms. The van der Waals surface area contributed by atoms with Gasteiger partial charge in [0.25, 0.3) is 5.56 Å². The van der Waals surface area contributed by atoms with Gasteiger partial charge in [-0.1, -0.05) is 78.9 Å². The zero-order valence-corrected chi connectivity index (χ0v) is 19.1. The lowest BCUT2D eigenvalue weighted by Crippen LogP contribution is -2.11. The Morgan fingerprint density at radius 1 is 0.800 bits per heavy atom. The van der Waals surface area contributed by atoms with Crippen LogP contribution in [0.4, 0.5) is 0 Å². The minimum atomic E-state index is -0.198. The van der Waals surface area contributed by atoms with Crippen molar-refractivity contribution in [3.63, 3.8) is 0 Å². The highest BCUT2D eigenvalue weighted by Crippen LogP contribution is 2.30. The highest BCUT2D eigenvalue weighted by molar-refractivity contribution is 5.96. The van der Waals surface area contributed by atoms with Gasteiger partial charge in [-0.3, -0.25) is 4.79 Å². The van der Waals surface area contributed by atoms with Crippen molar-refractivity contribution in [2.75, 3.05) is 0 Å². The average molecular weight is 457 g/mol. The zero-order valence-electron chi connectivity index (χ0n) is 19.1. The standard InChI is InChI=1S/C30H24N4O/c31-17-20-7-6-8-21(15-20)18-34-19-25(24-11-4-5-12-28(24)34)29-30(35)33-27-16-23(13-14-26(27)32-29)22-9-2-1-3-10-22/h1-16,19H,17-18,31H2,(H,33,35). The minimum Gasteiger partial charge on any atom is -0.342 e. The number of aromatic amines is 1. The van der Waals surface area contributed by atoms with Gasteiger partial charge in [-0.15, -0.1) is 0 Å². The van der Waals surface area contributed by atoms with Crippen LogP contribution in [0.2, 0.25) is 0 Å². The molecular formula is C30H24N4O.